The molecule has 0 radical (unpaired) electrons. The van der Waals surface area contributed by atoms with E-state index < -0.39 is 5.97 Å². The summed E-state index contributed by atoms with van der Waals surface area (Å²) in [6, 6.07) is 0.136. The molecule has 1 amide bonds. The Morgan fingerprint density at radius 1 is 1.25 bits per heavy atom. The third-order valence-electron chi connectivity index (χ3n) is 4.40. The summed E-state index contributed by atoms with van der Waals surface area (Å²) >= 11 is 0. The highest BCUT2D eigenvalue weighted by Gasteiger charge is 2.27. The van der Waals surface area contributed by atoms with Crippen molar-refractivity contribution < 1.29 is 14.7 Å². The van der Waals surface area contributed by atoms with Gasteiger partial charge in [0.05, 0.1) is 0 Å². The van der Waals surface area contributed by atoms with Gasteiger partial charge in [-0.3, -0.25) is 9.59 Å². The molecule has 112 valence electrons. The van der Waals surface area contributed by atoms with Crippen LogP contribution in [0.25, 0.3) is 0 Å². The second-order valence-electron chi connectivity index (χ2n) is 5.95. The van der Waals surface area contributed by atoms with Gasteiger partial charge in [0.1, 0.15) is 0 Å². The zero-order chi connectivity index (χ0) is 14.4. The Labute approximate surface area is 120 Å². The molecule has 1 N–H and O–H groups in total. The number of nitrogens with zero attached hydrogens (tertiary/aromatic N) is 1. The van der Waals surface area contributed by atoms with E-state index in [9.17, 15) is 9.59 Å². The highest BCUT2D eigenvalue weighted by Crippen LogP contribution is 2.25. The number of likely N-dealkylation sites (tertiary alicyclic amines) is 1. The van der Waals surface area contributed by atoms with Gasteiger partial charge < -0.3 is 10.0 Å². The Balaban J connectivity index is 1.90. The maximum absolute atomic E-state index is 12.5. The quantitative estimate of drug-likeness (QED) is 0.787. The van der Waals surface area contributed by atoms with Gasteiger partial charge >= 0.3 is 5.97 Å². The zero-order valence-electron chi connectivity index (χ0n) is 12.1. The van der Waals surface area contributed by atoms with Crippen molar-refractivity contribution in [3.63, 3.8) is 0 Å². The second-order valence-corrected chi connectivity index (χ2v) is 5.95. The highest BCUT2D eigenvalue weighted by molar-refractivity contribution is 5.79. The predicted molar refractivity (Wildman–Crippen MR) is 77.4 cm³/mol. The Bertz CT molecular complexity index is 389. The monoisotopic (exact) mass is 279 g/mol. The Hall–Kier alpha value is -1.32. The molecule has 0 aromatic heterocycles. The average molecular weight is 279 g/mol. The van der Waals surface area contributed by atoms with Crippen molar-refractivity contribution in [3.05, 3.63) is 11.6 Å². The molecule has 0 bridgehead atoms. The lowest BCUT2D eigenvalue weighted by Crippen LogP contribution is -2.44. The molecule has 1 unspecified atom stereocenters. The van der Waals surface area contributed by atoms with Crippen LogP contribution in [0.4, 0.5) is 0 Å². The Kier molecular flexibility index (Phi) is 5.62. The number of carboxylic acid groups (broad SMARTS) is 1. The number of hydrogen-bond donors (Lipinski definition) is 1. The fraction of sp³-hybridized carbons (Fsp3) is 0.750. The van der Waals surface area contributed by atoms with Crippen molar-refractivity contribution in [2.24, 2.45) is 0 Å². The van der Waals surface area contributed by atoms with Crippen LogP contribution in [0.5, 0.6) is 0 Å². The summed E-state index contributed by atoms with van der Waals surface area (Å²) < 4.78 is 0. The molecule has 0 spiro atoms. The Morgan fingerprint density at radius 3 is 2.80 bits per heavy atom. The lowest BCUT2D eigenvalue weighted by Gasteiger charge is -2.36. The molecule has 0 aromatic rings. The van der Waals surface area contributed by atoms with Crippen LogP contribution in [0.3, 0.4) is 0 Å². The summed E-state index contributed by atoms with van der Waals surface area (Å²) in [6.07, 6.45) is 11.2. The van der Waals surface area contributed by atoms with Crippen molar-refractivity contribution in [3.8, 4) is 0 Å². The number of aliphatic carboxylic acids is 1. The van der Waals surface area contributed by atoms with E-state index in [1.807, 2.05) is 4.90 Å². The normalized spacial score (nSPS) is 23.3. The van der Waals surface area contributed by atoms with Gasteiger partial charge in [-0.15, -0.1) is 0 Å². The standard InChI is InChI=1S/C16H25NO3/c18-15(12-13-6-2-1-3-7-13)17-11-5-4-8-14(17)9-10-16(19)20/h6,14H,1-5,7-12H2,(H,19,20). The predicted octanol–water partition coefficient (Wildman–Crippen LogP) is 3.12. The molecule has 1 aliphatic carbocycles. The molecular weight excluding hydrogens is 254 g/mol. The van der Waals surface area contributed by atoms with Crippen LogP contribution in [0.2, 0.25) is 0 Å². The third kappa shape index (κ3) is 4.36. The molecule has 2 rings (SSSR count). The minimum atomic E-state index is -0.766. The maximum atomic E-state index is 12.5. The zero-order valence-corrected chi connectivity index (χ0v) is 12.1. The first-order valence-corrected chi connectivity index (χ1v) is 7.86. The minimum absolute atomic E-state index is 0.136. The number of hydrogen-bond acceptors (Lipinski definition) is 2. The van der Waals surface area contributed by atoms with E-state index in [2.05, 4.69) is 6.08 Å². The third-order valence-corrected chi connectivity index (χ3v) is 4.40. The SMILES string of the molecule is O=C(O)CCC1CCCCN1C(=O)CC1=CCCCC1. The summed E-state index contributed by atoms with van der Waals surface area (Å²) in [7, 11) is 0. The van der Waals surface area contributed by atoms with Crippen LogP contribution in [-0.2, 0) is 9.59 Å². The molecule has 2 aliphatic rings. The first-order valence-electron chi connectivity index (χ1n) is 7.86. The van der Waals surface area contributed by atoms with Gasteiger partial charge in [0, 0.05) is 25.4 Å². The van der Waals surface area contributed by atoms with Gasteiger partial charge in [-0.05, 0) is 51.4 Å². The lowest BCUT2D eigenvalue weighted by atomic mass is 9.94. The number of carbonyl (C=O) groups excluding carboxylic acids is 1. The number of amides is 1. The number of carboxylic acids is 1. The van der Waals surface area contributed by atoms with E-state index in [0.29, 0.717) is 12.8 Å². The first kappa shape index (κ1) is 15.1. The average Bonchev–Trinajstić information content (AvgIpc) is 2.46. The number of piperidine rings is 1. The first-order chi connectivity index (χ1) is 9.66. The summed E-state index contributed by atoms with van der Waals surface area (Å²) in [6.45, 7) is 0.802. The van der Waals surface area contributed by atoms with Crippen LogP contribution in [-0.4, -0.2) is 34.5 Å². The van der Waals surface area contributed by atoms with Gasteiger partial charge in [-0.25, -0.2) is 0 Å². The van der Waals surface area contributed by atoms with Gasteiger partial charge in [-0.2, -0.15) is 0 Å². The second kappa shape index (κ2) is 7.46. The van der Waals surface area contributed by atoms with E-state index >= 15 is 0 Å². The highest BCUT2D eigenvalue weighted by atomic mass is 16.4. The fourth-order valence-electron chi connectivity index (χ4n) is 3.28. The molecule has 1 fully saturated rings. The van der Waals surface area contributed by atoms with Crippen molar-refractivity contribution in [2.45, 2.75) is 70.3 Å². The van der Waals surface area contributed by atoms with E-state index in [1.165, 1.54) is 18.4 Å². The van der Waals surface area contributed by atoms with Gasteiger partial charge in [0.15, 0.2) is 0 Å². The molecule has 1 saturated heterocycles. The molecule has 4 nitrogen and oxygen atoms in total. The number of rotatable bonds is 5. The maximum Gasteiger partial charge on any atom is 0.303 e. The molecule has 1 atom stereocenters. The van der Waals surface area contributed by atoms with Crippen LogP contribution in [0.15, 0.2) is 11.6 Å². The summed E-state index contributed by atoms with van der Waals surface area (Å²) in [5.41, 5.74) is 1.28. The molecule has 0 aromatic carbocycles. The van der Waals surface area contributed by atoms with Crippen LogP contribution in [0.1, 0.15) is 64.2 Å². The van der Waals surface area contributed by atoms with Crippen molar-refractivity contribution in [2.75, 3.05) is 6.54 Å². The van der Waals surface area contributed by atoms with E-state index in [-0.39, 0.29) is 18.4 Å². The smallest absolute Gasteiger partial charge is 0.303 e. The fourth-order valence-corrected chi connectivity index (χ4v) is 3.28. The summed E-state index contributed by atoms with van der Waals surface area (Å²) in [5, 5.41) is 8.82. The van der Waals surface area contributed by atoms with Crippen LogP contribution in [0, 0.1) is 0 Å². The van der Waals surface area contributed by atoms with Crippen molar-refractivity contribution in [1.29, 1.82) is 0 Å². The number of allylic oxidation sites excluding steroid dienone is 1. The number of carbonyl (C=O) groups is 2. The van der Waals surface area contributed by atoms with Crippen molar-refractivity contribution >= 4 is 11.9 Å². The largest absolute Gasteiger partial charge is 0.481 e. The molecule has 1 heterocycles. The van der Waals surface area contributed by atoms with Gasteiger partial charge in [0.2, 0.25) is 5.91 Å². The summed E-state index contributed by atoms with van der Waals surface area (Å²) in [5.74, 6) is -0.564. The minimum Gasteiger partial charge on any atom is -0.481 e. The van der Waals surface area contributed by atoms with E-state index in [4.69, 9.17) is 5.11 Å². The lowest BCUT2D eigenvalue weighted by molar-refractivity contribution is -0.139. The molecule has 20 heavy (non-hydrogen) atoms. The van der Waals surface area contributed by atoms with Gasteiger partial charge in [0.25, 0.3) is 0 Å². The summed E-state index contributed by atoms with van der Waals surface area (Å²) in [4.78, 5) is 25.1. The Morgan fingerprint density at radius 2 is 2.10 bits per heavy atom. The van der Waals surface area contributed by atoms with Gasteiger partial charge in [-0.1, -0.05) is 11.6 Å². The molecule has 1 aliphatic heterocycles. The van der Waals surface area contributed by atoms with Crippen LogP contribution < -0.4 is 0 Å². The molecule has 4 heteroatoms. The molecule has 0 saturated carbocycles. The topological polar surface area (TPSA) is 57.6 Å². The van der Waals surface area contributed by atoms with E-state index in [0.717, 1.165) is 38.6 Å². The van der Waals surface area contributed by atoms with Crippen LogP contribution >= 0.6 is 0 Å². The van der Waals surface area contributed by atoms with E-state index in [1.54, 1.807) is 0 Å². The molecular formula is C16H25NO3. The van der Waals surface area contributed by atoms with Crippen molar-refractivity contribution in [1.82, 2.24) is 4.90 Å².